The zero-order valence-corrected chi connectivity index (χ0v) is 12.1. The monoisotopic (exact) mass is 257 g/mol. The van der Waals surface area contributed by atoms with E-state index in [1.54, 1.807) is 14.0 Å². The predicted octanol–water partition coefficient (Wildman–Crippen LogP) is 0.465. The molecule has 0 aromatic rings. The molecule has 2 unspecified atom stereocenters. The summed E-state index contributed by atoms with van der Waals surface area (Å²) in [5.74, 6) is -0.781. The topological polar surface area (TPSA) is 55.8 Å². The van der Waals surface area contributed by atoms with Gasteiger partial charge in [0.15, 0.2) is 0 Å². The molecule has 1 rings (SSSR count). The van der Waals surface area contributed by atoms with Crippen molar-refractivity contribution in [2.75, 3.05) is 40.8 Å². The number of likely N-dealkylation sites (N-methyl/N-ethyl adjacent to an activating group) is 3. The number of carbonyl (C=O) groups is 1. The summed E-state index contributed by atoms with van der Waals surface area (Å²) in [6.45, 7) is 4.75. The van der Waals surface area contributed by atoms with Crippen molar-refractivity contribution < 1.29 is 9.90 Å². The summed E-state index contributed by atoms with van der Waals surface area (Å²) in [6, 6.07) is 0.626. The third-order valence-electron chi connectivity index (χ3n) is 4.21. The van der Waals surface area contributed by atoms with Gasteiger partial charge >= 0.3 is 5.97 Å². The Balaban J connectivity index is 2.36. The molecule has 0 saturated carbocycles. The third kappa shape index (κ3) is 3.93. The Morgan fingerprint density at radius 1 is 1.61 bits per heavy atom. The van der Waals surface area contributed by atoms with E-state index in [1.165, 1.54) is 19.4 Å². The molecule has 0 radical (unpaired) electrons. The highest BCUT2D eigenvalue weighted by molar-refractivity contribution is 5.78. The quantitative estimate of drug-likeness (QED) is 0.694. The maximum absolute atomic E-state index is 11.2. The summed E-state index contributed by atoms with van der Waals surface area (Å²) in [5, 5.41) is 12.1. The Labute approximate surface area is 110 Å². The van der Waals surface area contributed by atoms with E-state index >= 15 is 0 Å². The van der Waals surface area contributed by atoms with E-state index in [0.717, 1.165) is 13.1 Å². The number of nitrogens with zero attached hydrogens (tertiary/aromatic N) is 2. The molecule has 1 aliphatic heterocycles. The Morgan fingerprint density at radius 2 is 2.28 bits per heavy atom. The second-order valence-electron chi connectivity index (χ2n) is 5.68. The van der Waals surface area contributed by atoms with E-state index < -0.39 is 11.5 Å². The SMILES string of the molecule is CNC(C)(CCN(C)CC1CCCN1C)C(=O)O. The molecule has 0 amide bonds. The van der Waals surface area contributed by atoms with Crippen molar-refractivity contribution in [3.63, 3.8) is 0 Å². The minimum atomic E-state index is -0.824. The fourth-order valence-corrected chi connectivity index (χ4v) is 2.41. The maximum atomic E-state index is 11.2. The van der Waals surface area contributed by atoms with Gasteiger partial charge in [-0.15, -0.1) is 0 Å². The number of aliphatic carboxylic acids is 1. The van der Waals surface area contributed by atoms with Gasteiger partial charge in [0.25, 0.3) is 0 Å². The first-order chi connectivity index (χ1) is 8.39. The number of nitrogens with one attached hydrogen (secondary N) is 1. The average molecular weight is 257 g/mol. The maximum Gasteiger partial charge on any atom is 0.323 e. The van der Waals surface area contributed by atoms with E-state index in [9.17, 15) is 9.90 Å². The molecule has 18 heavy (non-hydrogen) atoms. The molecule has 0 aliphatic carbocycles. The molecular formula is C13H27N3O2. The number of hydrogen-bond donors (Lipinski definition) is 2. The first-order valence-corrected chi connectivity index (χ1v) is 6.70. The minimum absolute atomic E-state index is 0.617. The minimum Gasteiger partial charge on any atom is -0.480 e. The lowest BCUT2D eigenvalue weighted by Crippen LogP contribution is -2.50. The van der Waals surface area contributed by atoms with Gasteiger partial charge in [0.05, 0.1) is 0 Å². The zero-order valence-electron chi connectivity index (χ0n) is 12.1. The molecule has 0 aromatic heterocycles. The van der Waals surface area contributed by atoms with Gasteiger partial charge in [0.2, 0.25) is 0 Å². The summed E-state index contributed by atoms with van der Waals surface area (Å²) in [7, 11) is 5.95. The molecular weight excluding hydrogens is 230 g/mol. The number of likely N-dealkylation sites (tertiary alicyclic amines) is 1. The Morgan fingerprint density at radius 3 is 2.72 bits per heavy atom. The number of carboxylic acids is 1. The van der Waals surface area contributed by atoms with Crippen LogP contribution < -0.4 is 5.32 Å². The zero-order chi connectivity index (χ0) is 13.8. The molecule has 2 N–H and O–H groups in total. The molecule has 1 fully saturated rings. The number of hydrogen-bond acceptors (Lipinski definition) is 4. The van der Waals surface area contributed by atoms with Crippen LogP contribution in [-0.2, 0) is 4.79 Å². The van der Waals surface area contributed by atoms with Crippen LogP contribution in [0, 0.1) is 0 Å². The first kappa shape index (κ1) is 15.4. The van der Waals surface area contributed by atoms with E-state index in [1.807, 2.05) is 0 Å². The smallest absolute Gasteiger partial charge is 0.323 e. The van der Waals surface area contributed by atoms with Crippen LogP contribution in [0.25, 0.3) is 0 Å². The van der Waals surface area contributed by atoms with Gasteiger partial charge in [0, 0.05) is 19.1 Å². The van der Waals surface area contributed by atoms with E-state index in [2.05, 4.69) is 29.2 Å². The Bertz CT molecular complexity index is 285. The standard InChI is InChI=1S/C13H27N3O2/c1-13(14-2,12(17)18)7-9-15(3)10-11-6-5-8-16(11)4/h11,14H,5-10H2,1-4H3,(H,17,18). The second-order valence-corrected chi connectivity index (χ2v) is 5.68. The van der Waals surface area contributed by atoms with Gasteiger partial charge in [-0.25, -0.2) is 0 Å². The summed E-state index contributed by atoms with van der Waals surface area (Å²) < 4.78 is 0. The highest BCUT2D eigenvalue weighted by atomic mass is 16.4. The number of carboxylic acid groups (broad SMARTS) is 1. The first-order valence-electron chi connectivity index (χ1n) is 6.70. The van der Waals surface area contributed by atoms with Crippen LogP contribution in [-0.4, -0.2) is 73.2 Å². The summed E-state index contributed by atoms with van der Waals surface area (Å²) in [5.41, 5.74) is -0.824. The molecule has 2 atom stereocenters. The fraction of sp³-hybridized carbons (Fsp3) is 0.923. The van der Waals surface area contributed by atoms with Crippen molar-refractivity contribution in [2.24, 2.45) is 0 Å². The molecule has 5 nitrogen and oxygen atoms in total. The third-order valence-corrected chi connectivity index (χ3v) is 4.21. The lowest BCUT2D eigenvalue weighted by atomic mass is 9.98. The van der Waals surface area contributed by atoms with Crippen LogP contribution in [0.3, 0.4) is 0 Å². The summed E-state index contributed by atoms with van der Waals surface area (Å²) in [6.07, 6.45) is 3.15. The van der Waals surface area contributed by atoms with Crippen LogP contribution in [0.15, 0.2) is 0 Å². The highest BCUT2D eigenvalue weighted by Crippen LogP contribution is 2.16. The van der Waals surface area contributed by atoms with Crippen molar-refractivity contribution >= 4 is 5.97 Å². The van der Waals surface area contributed by atoms with E-state index in [0.29, 0.717) is 12.5 Å². The lowest BCUT2D eigenvalue weighted by molar-refractivity contribution is -0.144. The molecule has 5 heteroatoms. The van der Waals surface area contributed by atoms with Crippen molar-refractivity contribution in [3.05, 3.63) is 0 Å². The lowest BCUT2D eigenvalue weighted by Gasteiger charge is -2.29. The largest absolute Gasteiger partial charge is 0.480 e. The van der Waals surface area contributed by atoms with Gasteiger partial charge in [-0.3, -0.25) is 4.79 Å². The molecule has 0 aromatic carbocycles. The molecule has 106 valence electrons. The molecule has 1 saturated heterocycles. The van der Waals surface area contributed by atoms with Gasteiger partial charge in [0.1, 0.15) is 5.54 Å². The summed E-state index contributed by atoms with van der Waals surface area (Å²) >= 11 is 0. The van der Waals surface area contributed by atoms with Crippen LogP contribution in [0.2, 0.25) is 0 Å². The number of rotatable bonds is 7. The van der Waals surface area contributed by atoms with Crippen molar-refractivity contribution in [1.82, 2.24) is 15.1 Å². The Hall–Kier alpha value is -0.650. The van der Waals surface area contributed by atoms with Crippen LogP contribution in [0.5, 0.6) is 0 Å². The van der Waals surface area contributed by atoms with Gasteiger partial charge < -0.3 is 20.2 Å². The Kier molecular flexibility index (Phi) is 5.56. The molecule has 0 spiro atoms. The second kappa shape index (κ2) is 6.50. The average Bonchev–Trinajstić information content (AvgIpc) is 2.71. The van der Waals surface area contributed by atoms with Crippen molar-refractivity contribution in [1.29, 1.82) is 0 Å². The normalized spacial score (nSPS) is 24.4. The van der Waals surface area contributed by atoms with Crippen molar-refractivity contribution in [2.45, 2.75) is 37.8 Å². The summed E-state index contributed by atoms with van der Waals surface area (Å²) in [4.78, 5) is 15.8. The van der Waals surface area contributed by atoms with E-state index in [-0.39, 0.29) is 0 Å². The van der Waals surface area contributed by atoms with Crippen molar-refractivity contribution in [3.8, 4) is 0 Å². The van der Waals surface area contributed by atoms with Crippen LogP contribution >= 0.6 is 0 Å². The van der Waals surface area contributed by atoms with E-state index in [4.69, 9.17) is 0 Å². The molecule has 0 bridgehead atoms. The van der Waals surface area contributed by atoms with Crippen LogP contribution in [0.4, 0.5) is 0 Å². The van der Waals surface area contributed by atoms with Gasteiger partial charge in [-0.05, 0) is 53.9 Å². The van der Waals surface area contributed by atoms with Crippen LogP contribution in [0.1, 0.15) is 26.2 Å². The molecule has 1 heterocycles. The highest BCUT2D eigenvalue weighted by Gasteiger charge is 2.31. The molecule has 1 aliphatic rings. The fourth-order valence-electron chi connectivity index (χ4n) is 2.41. The van der Waals surface area contributed by atoms with Gasteiger partial charge in [-0.1, -0.05) is 0 Å². The predicted molar refractivity (Wildman–Crippen MR) is 72.9 cm³/mol. The van der Waals surface area contributed by atoms with Gasteiger partial charge in [-0.2, -0.15) is 0 Å².